The van der Waals surface area contributed by atoms with Gasteiger partial charge in [-0.25, -0.2) is 0 Å². The quantitative estimate of drug-likeness (QED) is 0.162. The van der Waals surface area contributed by atoms with Gasteiger partial charge in [0.1, 0.15) is 16.9 Å². The molecule has 1 aliphatic rings. The van der Waals surface area contributed by atoms with Crippen LogP contribution in [0.3, 0.4) is 0 Å². The van der Waals surface area contributed by atoms with Gasteiger partial charge in [-0.3, -0.25) is 10.8 Å². The van der Waals surface area contributed by atoms with E-state index in [9.17, 15) is 5.41 Å². The van der Waals surface area contributed by atoms with Crippen LogP contribution in [0, 0.1) is 5.41 Å². The molecule has 0 saturated carbocycles. The van der Waals surface area contributed by atoms with Crippen LogP contribution in [-0.4, -0.2) is 11.4 Å². The van der Waals surface area contributed by atoms with Crippen LogP contribution in [0.2, 0.25) is 0 Å². The molecule has 0 aliphatic heterocycles. The number of hydrazone groups is 1. The summed E-state index contributed by atoms with van der Waals surface area (Å²) in [6.45, 7) is 0. The molecule has 0 bridgehead atoms. The first-order valence-electron chi connectivity index (χ1n) is 18.4. The molecule has 0 radical (unpaired) electrons. The first-order valence-corrected chi connectivity index (χ1v) is 18.4. The summed E-state index contributed by atoms with van der Waals surface area (Å²) < 4.78 is 6.45. The Morgan fingerprint density at radius 2 is 1.09 bits per heavy atom. The molecule has 2 N–H and O–H groups in total. The van der Waals surface area contributed by atoms with Gasteiger partial charge < -0.3 is 9.32 Å². The molecule has 0 atom stereocenters. The van der Waals surface area contributed by atoms with Crippen molar-refractivity contribution in [1.82, 2.24) is 0 Å². The smallest absolute Gasteiger partial charge is 0.137 e. The van der Waals surface area contributed by atoms with Crippen molar-refractivity contribution in [1.29, 1.82) is 5.41 Å². The number of furan rings is 1. The van der Waals surface area contributed by atoms with Gasteiger partial charge in [-0.2, -0.15) is 5.10 Å². The second-order valence-corrected chi connectivity index (χ2v) is 13.7. The van der Waals surface area contributed by atoms with E-state index in [1.54, 1.807) is 0 Å². The average molecular weight is 707 g/mol. The highest BCUT2D eigenvalue weighted by atomic mass is 16.3. The number of hydrogen-bond acceptors (Lipinski definition) is 5. The summed E-state index contributed by atoms with van der Waals surface area (Å²) in [7, 11) is 0. The van der Waals surface area contributed by atoms with Crippen LogP contribution in [0.1, 0.15) is 11.1 Å². The summed E-state index contributed by atoms with van der Waals surface area (Å²) in [6, 6.07) is 63.1. The third-order valence-electron chi connectivity index (χ3n) is 10.3. The second-order valence-electron chi connectivity index (χ2n) is 13.7. The fourth-order valence-electron chi connectivity index (χ4n) is 7.63. The number of fused-ring (bicyclic) bond motifs is 6. The summed E-state index contributed by atoms with van der Waals surface area (Å²) in [4.78, 5) is 2.30. The fourth-order valence-corrected chi connectivity index (χ4v) is 7.63. The molecule has 0 spiro atoms. The highest BCUT2D eigenvalue weighted by Gasteiger charge is 2.22. The first-order chi connectivity index (χ1) is 27.2. The molecule has 8 aromatic carbocycles. The van der Waals surface area contributed by atoms with Gasteiger partial charge in [-0.05, 0) is 105 Å². The number of para-hydroxylation sites is 2. The number of rotatable bonds is 7. The first kappa shape index (κ1) is 32.2. The Morgan fingerprint density at radius 1 is 0.473 bits per heavy atom. The minimum atomic E-state index is 0.372. The van der Waals surface area contributed by atoms with Crippen molar-refractivity contribution in [3.8, 4) is 22.3 Å². The Balaban J connectivity index is 1.18. The van der Waals surface area contributed by atoms with Crippen LogP contribution in [0.15, 0.2) is 198 Å². The lowest BCUT2D eigenvalue weighted by atomic mass is 9.89. The van der Waals surface area contributed by atoms with E-state index in [2.05, 4.69) is 149 Å². The molecule has 5 heteroatoms. The summed E-state index contributed by atoms with van der Waals surface area (Å²) in [6.07, 6.45) is 3.96. The highest BCUT2D eigenvalue weighted by Crippen LogP contribution is 2.43. The molecule has 0 amide bonds. The maximum Gasteiger partial charge on any atom is 0.137 e. The van der Waals surface area contributed by atoms with Crippen molar-refractivity contribution in [2.45, 2.75) is 0 Å². The highest BCUT2D eigenvalue weighted by molar-refractivity contribution is 6.55. The fraction of sp³-hybridized carbons (Fsp3) is 0. The molecule has 260 valence electrons. The number of nitrogens with one attached hydrogen (secondary N) is 2. The zero-order valence-electron chi connectivity index (χ0n) is 29.8. The van der Waals surface area contributed by atoms with Gasteiger partial charge in [-0.1, -0.05) is 121 Å². The largest absolute Gasteiger partial charge is 0.456 e. The summed E-state index contributed by atoms with van der Waals surface area (Å²) in [5.74, 6) is 0. The lowest BCUT2D eigenvalue weighted by Crippen LogP contribution is -2.19. The van der Waals surface area contributed by atoms with Crippen LogP contribution in [0.5, 0.6) is 0 Å². The normalized spacial score (nSPS) is 13.1. The van der Waals surface area contributed by atoms with E-state index in [1.807, 2.05) is 60.7 Å². The molecule has 1 aromatic heterocycles. The molecule has 9 aromatic rings. The Morgan fingerprint density at radius 3 is 1.84 bits per heavy atom. The zero-order chi connectivity index (χ0) is 36.7. The molecule has 0 saturated heterocycles. The Kier molecular flexibility index (Phi) is 7.89. The second kappa shape index (κ2) is 13.5. The van der Waals surface area contributed by atoms with Gasteiger partial charge in [0.2, 0.25) is 0 Å². The van der Waals surface area contributed by atoms with Crippen LogP contribution >= 0.6 is 0 Å². The molecule has 55 heavy (non-hydrogen) atoms. The van der Waals surface area contributed by atoms with Gasteiger partial charge in [0.15, 0.2) is 0 Å². The van der Waals surface area contributed by atoms with E-state index in [1.165, 1.54) is 0 Å². The Bertz CT molecular complexity index is 2910. The predicted octanol–water partition coefficient (Wildman–Crippen LogP) is 13.4. The van der Waals surface area contributed by atoms with Crippen LogP contribution in [-0.2, 0) is 0 Å². The maximum absolute atomic E-state index is 9.42. The predicted molar refractivity (Wildman–Crippen MR) is 230 cm³/mol. The number of nitrogens with zero attached hydrogens (tertiary/aromatic N) is 2. The van der Waals surface area contributed by atoms with Gasteiger partial charge in [0.05, 0.1) is 11.4 Å². The van der Waals surface area contributed by atoms with Gasteiger partial charge in [0.25, 0.3) is 0 Å². The Labute approximate surface area is 318 Å². The van der Waals surface area contributed by atoms with Crippen LogP contribution in [0.4, 0.5) is 22.7 Å². The van der Waals surface area contributed by atoms with Crippen molar-refractivity contribution in [3.05, 3.63) is 199 Å². The molecule has 1 heterocycles. The van der Waals surface area contributed by atoms with Crippen molar-refractivity contribution in [3.63, 3.8) is 0 Å². The number of benzene rings is 8. The lowest BCUT2D eigenvalue weighted by molar-refractivity contribution is 0.669. The molecule has 0 unspecified atom stereocenters. The van der Waals surface area contributed by atoms with Crippen molar-refractivity contribution in [2.75, 3.05) is 10.3 Å². The Hall–Kier alpha value is -7.50. The topological polar surface area (TPSA) is 64.6 Å². The van der Waals surface area contributed by atoms with E-state index < -0.39 is 0 Å². The SMILES string of the molecule is N=C1/C(=N\Nc2ccccc2)C=Cc2ccc3ccc(N(c4cc(-c5ccccc5)cc(-c5ccccc5)c4)c4ccc5c(c4)oc4ccccc45)cc3c21. The van der Waals surface area contributed by atoms with Gasteiger partial charge >= 0.3 is 0 Å². The van der Waals surface area contributed by atoms with E-state index in [-0.39, 0.29) is 0 Å². The minimum absolute atomic E-state index is 0.372. The van der Waals surface area contributed by atoms with Gasteiger partial charge in [-0.15, -0.1) is 0 Å². The summed E-state index contributed by atoms with van der Waals surface area (Å²) in [5, 5.41) is 18.3. The van der Waals surface area contributed by atoms with E-state index >= 15 is 0 Å². The molecule has 5 nitrogen and oxygen atoms in total. The monoisotopic (exact) mass is 706 g/mol. The summed E-state index contributed by atoms with van der Waals surface area (Å²) in [5.41, 5.74) is 15.9. The molecular formula is C50H34N4O. The molecular weight excluding hydrogens is 673 g/mol. The van der Waals surface area contributed by atoms with Crippen molar-refractivity contribution >= 4 is 73.0 Å². The maximum atomic E-state index is 9.42. The number of hydrogen-bond donors (Lipinski definition) is 2. The molecule has 10 rings (SSSR count). The van der Waals surface area contributed by atoms with E-state index in [0.29, 0.717) is 11.4 Å². The lowest BCUT2D eigenvalue weighted by Gasteiger charge is -2.28. The summed E-state index contributed by atoms with van der Waals surface area (Å²) >= 11 is 0. The molecule has 1 aliphatic carbocycles. The van der Waals surface area contributed by atoms with E-state index in [4.69, 9.17) is 4.42 Å². The van der Waals surface area contributed by atoms with Crippen molar-refractivity contribution < 1.29 is 4.42 Å². The van der Waals surface area contributed by atoms with Crippen molar-refractivity contribution in [2.24, 2.45) is 5.10 Å². The number of allylic oxidation sites excluding steroid dienone is 1. The minimum Gasteiger partial charge on any atom is -0.456 e. The molecule has 0 fully saturated rings. The average Bonchev–Trinajstić information content (AvgIpc) is 3.62. The van der Waals surface area contributed by atoms with E-state index in [0.717, 1.165) is 88.8 Å². The van der Waals surface area contributed by atoms with Gasteiger partial charge in [0, 0.05) is 39.5 Å². The third kappa shape index (κ3) is 5.94. The van der Waals surface area contributed by atoms with Crippen LogP contribution in [0.25, 0.3) is 61.0 Å². The standard InChI is InChI=1S/C50H34N4O/c51-50-46(53-52-39-16-8-3-9-17-39)27-23-36-21-20-35-22-24-40(31-45(35)49(36)50)54(41-25-26-44-43-18-10-11-19-47(43)55-48(44)32-41)42-29-37(33-12-4-1-5-13-33)28-38(30-42)34-14-6-2-7-15-34/h1-32,51-52H/b51-50?,53-46-. The number of anilines is 4. The third-order valence-corrected chi connectivity index (χ3v) is 10.3. The zero-order valence-corrected chi connectivity index (χ0v) is 29.8. The van der Waals surface area contributed by atoms with Crippen LogP contribution < -0.4 is 10.3 Å².